The Morgan fingerprint density at radius 3 is 2.76 bits per heavy atom. The zero-order chi connectivity index (χ0) is 23.2. The predicted octanol–water partition coefficient (Wildman–Crippen LogP) is 3.62. The summed E-state index contributed by atoms with van der Waals surface area (Å²) in [5, 5.41) is 18.0. The third kappa shape index (κ3) is 3.89. The van der Waals surface area contributed by atoms with Gasteiger partial charge in [0.1, 0.15) is 0 Å². The predicted molar refractivity (Wildman–Crippen MR) is 111 cm³/mol. The summed E-state index contributed by atoms with van der Waals surface area (Å²) < 4.78 is 42.4. The molecule has 1 N–H and O–H groups in total. The van der Waals surface area contributed by atoms with Crippen LogP contribution < -0.4 is 5.32 Å². The van der Waals surface area contributed by atoms with Crippen LogP contribution in [0.5, 0.6) is 0 Å². The van der Waals surface area contributed by atoms with Crippen LogP contribution in [-0.2, 0) is 12.7 Å². The first-order valence-corrected chi connectivity index (χ1v) is 10.5. The minimum Gasteiger partial charge on any atom is -0.314 e. The lowest BCUT2D eigenvalue weighted by Gasteiger charge is -2.63. The summed E-state index contributed by atoms with van der Waals surface area (Å²) in [6, 6.07) is 3.12. The van der Waals surface area contributed by atoms with Crippen molar-refractivity contribution in [3.05, 3.63) is 48.5 Å². The summed E-state index contributed by atoms with van der Waals surface area (Å²) in [7, 11) is 0. The molecule has 2 bridgehead atoms. The lowest BCUT2D eigenvalue weighted by Crippen LogP contribution is -2.73. The number of alkyl halides is 3. The fraction of sp³-hybridized carbons (Fsp3) is 0.429. The monoisotopic (exact) mass is 458 g/mol. The van der Waals surface area contributed by atoms with Gasteiger partial charge in [0.15, 0.2) is 5.82 Å². The Balaban J connectivity index is 1.43. The van der Waals surface area contributed by atoms with Crippen LogP contribution in [0.25, 0.3) is 11.4 Å². The second-order valence-electron chi connectivity index (χ2n) is 8.75. The first kappa shape index (κ1) is 21.3. The molecule has 3 fully saturated rings. The fourth-order valence-electron chi connectivity index (χ4n) is 5.28. The molecule has 1 aliphatic carbocycles. The molecule has 12 heteroatoms. The molecule has 0 radical (unpaired) electrons. The zero-order valence-corrected chi connectivity index (χ0v) is 17.7. The van der Waals surface area contributed by atoms with Gasteiger partial charge in [-0.1, -0.05) is 12.1 Å². The van der Waals surface area contributed by atoms with E-state index in [1.807, 2.05) is 4.90 Å². The molecule has 9 nitrogen and oxygen atoms in total. The molecule has 1 saturated carbocycles. The highest BCUT2D eigenvalue weighted by Crippen LogP contribution is 2.50. The van der Waals surface area contributed by atoms with Gasteiger partial charge in [-0.3, -0.25) is 4.68 Å². The lowest BCUT2D eigenvalue weighted by molar-refractivity contribution is -0.137. The van der Waals surface area contributed by atoms with Gasteiger partial charge >= 0.3 is 12.2 Å². The largest absolute Gasteiger partial charge is 0.417 e. The SMILES string of the molecule is C[C@H]1C[C@@H]2C[C@](Cn3ccnn3)(C1)N2C(=O)Nc1ccc(C(F)(F)F)c(-c2nccnn2)c1. The van der Waals surface area contributed by atoms with Gasteiger partial charge in [-0.25, -0.2) is 9.78 Å². The number of benzene rings is 1. The quantitative estimate of drug-likeness (QED) is 0.641. The molecular formula is C21H21F3N8O. The average molecular weight is 458 g/mol. The van der Waals surface area contributed by atoms with E-state index in [9.17, 15) is 18.0 Å². The highest BCUT2D eigenvalue weighted by molar-refractivity contribution is 5.92. The van der Waals surface area contributed by atoms with Gasteiger partial charge < -0.3 is 10.2 Å². The van der Waals surface area contributed by atoms with Gasteiger partial charge in [0.2, 0.25) is 0 Å². The van der Waals surface area contributed by atoms with E-state index in [1.165, 1.54) is 24.5 Å². The first-order valence-electron chi connectivity index (χ1n) is 10.5. The molecule has 0 unspecified atom stereocenters. The molecule has 2 amide bonds. The van der Waals surface area contributed by atoms with E-state index in [0.29, 0.717) is 12.5 Å². The van der Waals surface area contributed by atoms with Crippen molar-refractivity contribution in [1.82, 2.24) is 35.1 Å². The van der Waals surface area contributed by atoms with E-state index in [2.05, 4.69) is 37.7 Å². The molecular weight excluding hydrogens is 437 g/mol. The van der Waals surface area contributed by atoms with E-state index in [4.69, 9.17) is 0 Å². The van der Waals surface area contributed by atoms with Crippen molar-refractivity contribution in [2.24, 2.45) is 5.92 Å². The van der Waals surface area contributed by atoms with Gasteiger partial charge in [0.25, 0.3) is 0 Å². The molecule has 2 aliphatic heterocycles. The van der Waals surface area contributed by atoms with Crippen LogP contribution >= 0.6 is 0 Å². The van der Waals surface area contributed by atoms with E-state index >= 15 is 0 Å². The molecule has 172 valence electrons. The van der Waals surface area contributed by atoms with Gasteiger partial charge in [-0.2, -0.15) is 18.3 Å². The van der Waals surface area contributed by atoms with Crippen molar-refractivity contribution in [2.45, 2.75) is 50.5 Å². The summed E-state index contributed by atoms with van der Waals surface area (Å²) in [4.78, 5) is 19.0. The van der Waals surface area contributed by atoms with Gasteiger partial charge in [0, 0.05) is 29.7 Å². The minimum atomic E-state index is -4.61. The Morgan fingerprint density at radius 1 is 1.21 bits per heavy atom. The van der Waals surface area contributed by atoms with Gasteiger partial charge in [0.05, 0.1) is 30.0 Å². The van der Waals surface area contributed by atoms with Gasteiger partial charge in [-0.15, -0.1) is 10.2 Å². The number of aromatic nitrogens is 6. The zero-order valence-electron chi connectivity index (χ0n) is 17.7. The number of carbonyl (C=O) groups is 1. The van der Waals surface area contributed by atoms with Crippen LogP contribution in [-0.4, -0.2) is 52.7 Å². The minimum absolute atomic E-state index is 0.0767. The molecule has 4 heterocycles. The maximum atomic E-state index is 13.6. The Bertz CT molecular complexity index is 1150. The van der Waals surface area contributed by atoms with Crippen LogP contribution in [0, 0.1) is 5.92 Å². The normalized spacial score (nSPS) is 24.3. The number of halogens is 3. The van der Waals surface area contributed by atoms with E-state index in [-0.39, 0.29) is 29.1 Å². The highest BCUT2D eigenvalue weighted by atomic mass is 19.4. The van der Waals surface area contributed by atoms with Crippen molar-refractivity contribution in [1.29, 1.82) is 0 Å². The molecule has 3 atom stereocenters. The summed E-state index contributed by atoms with van der Waals surface area (Å²) >= 11 is 0. The number of nitrogens with zero attached hydrogens (tertiary/aromatic N) is 7. The second kappa shape index (κ2) is 7.78. The fourth-order valence-corrected chi connectivity index (χ4v) is 5.28. The molecule has 3 aliphatic rings. The lowest BCUT2D eigenvalue weighted by atomic mass is 9.64. The summed E-state index contributed by atoms with van der Waals surface area (Å²) in [5.74, 6) is 0.287. The number of rotatable bonds is 4. The topological polar surface area (TPSA) is 102 Å². The summed E-state index contributed by atoms with van der Waals surface area (Å²) in [6.45, 7) is 2.68. The Kier molecular flexibility index (Phi) is 5.02. The van der Waals surface area contributed by atoms with Crippen LogP contribution in [0.1, 0.15) is 31.7 Å². The Labute approximate surface area is 187 Å². The highest BCUT2D eigenvalue weighted by Gasteiger charge is 2.58. The molecule has 3 aromatic rings. The molecule has 33 heavy (non-hydrogen) atoms. The van der Waals surface area contributed by atoms with Crippen molar-refractivity contribution in [3.8, 4) is 11.4 Å². The van der Waals surface area contributed by atoms with Crippen LogP contribution in [0.2, 0.25) is 0 Å². The smallest absolute Gasteiger partial charge is 0.314 e. The number of urea groups is 1. The van der Waals surface area contributed by atoms with Crippen molar-refractivity contribution >= 4 is 11.7 Å². The number of carbonyl (C=O) groups excluding carboxylic acids is 1. The van der Waals surface area contributed by atoms with E-state index in [0.717, 1.165) is 25.3 Å². The van der Waals surface area contributed by atoms with Crippen LogP contribution in [0.4, 0.5) is 23.7 Å². The van der Waals surface area contributed by atoms with Crippen molar-refractivity contribution in [3.63, 3.8) is 0 Å². The molecule has 2 saturated heterocycles. The number of hydrogen-bond acceptors (Lipinski definition) is 6. The van der Waals surface area contributed by atoms with Gasteiger partial charge in [-0.05, 0) is 43.4 Å². The summed E-state index contributed by atoms with van der Waals surface area (Å²) in [5.41, 5.74) is -1.32. The number of hydrogen-bond donors (Lipinski definition) is 1. The number of nitrogens with one attached hydrogen (secondary N) is 1. The van der Waals surface area contributed by atoms with E-state index < -0.39 is 17.3 Å². The average Bonchev–Trinajstić information content (AvgIpc) is 3.25. The number of amides is 2. The molecule has 6 rings (SSSR count). The van der Waals surface area contributed by atoms with E-state index in [1.54, 1.807) is 17.1 Å². The third-order valence-corrected chi connectivity index (χ3v) is 6.34. The molecule has 2 aromatic heterocycles. The number of anilines is 1. The Morgan fingerprint density at radius 2 is 2.06 bits per heavy atom. The maximum absolute atomic E-state index is 13.6. The van der Waals surface area contributed by atoms with Crippen molar-refractivity contribution < 1.29 is 18.0 Å². The Hall–Kier alpha value is -3.57. The first-order chi connectivity index (χ1) is 15.7. The van der Waals surface area contributed by atoms with Crippen LogP contribution in [0.15, 0.2) is 43.0 Å². The standard InChI is InChI=1S/C21H21F3N8O/c1-13-8-15-11-20(10-13,12-31-7-6-27-30-31)32(15)19(33)28-14-2-3-17(21(22,23)24)16(9-14)18-25-4-5-26-29-18/h2-7,9,13,15H,8,10-12H2,1H3,(H,28,33)/t13-,15+,20-/m0/s1. The molecule has 0 spiro atoms. The van der Waals surface area contributed by atoms with Crippen molar-refractivity contribution in [2.75, 3.05) is 5.32 Å². The van der Waals surface area contributed by atoms with Crippen LogP contribution in [0.3, 0.4) is 0 Å². The summed E-state index contributed by atoms with van der Waals surface area (Å²) in [6.07, 6.45) is 3.84. The number of piperidine rings is 1. The third-order valence-electron chi connectivity index (χ3n) is 6.34. The molecule has 1 aromatic carbocycles. The second-order valence-corrected chi connectivity index (χ2v) is 8.75. The number of fused-ring (bicyclic) bond motifs is 2. The maximum Gasteiger partial charge on any atom is 0.417 e.